The first kappa shape index (κ1) is 15.4. The zero-order valence-electron chi connectivity index (χ0n) is 13.5. The first-order valence-corrected chi connectivity index (χ1v) is 7.59. The highest BCUT2D eigenvalue weighted by atomic mass is 16.5. The number of anilines is 1. The van der Waals surface area contributed by atoms with Gasteiger partial charge in [0.2, 0.25) is 0 Å². The van der Waals surface area contributed by atoms with Crippen molar-refractivity contribution in [2.75, 3.05) is 18.6 Å². The highest BCUT2D eigenvalue weighted by molar-refractivity contribution is 5.50. The molecule has 0 atom stereocenters. The molecule has 0 bridgehead atoms. The Labute approximate surface area is 128 Å². The van der Waals surface area contributed by atoms with E-state index in [4.69, 9.17) is 4.74 Å². The number of hydrogen-bond acceptors (Lipinski definition) is 2. The summed E-state index contributed by atoms with van der Waals surface area (Å²) in [5.41, 5.74) is 5.33. The fourth-order valence-electron chi connectivity index (χ4n) is 2.59. The summed E-state index contributed by atoms with van der Waals surface area (Å²) in [6.07, 6.45) is 1.14. The molecule has 0 aliphatic heterocycles. The summed E-state index contributed by atoms with van der Waals surface area (Å²) in [7, 11) is 1.70. The molecular weight excluding hydrogens is 258 g/mol. The van der Waals surface area contributed by atoms with E-state index in [2.05, 4.69) is 56.0 Å². The van der Waals surface area contributed by atoms with E-state index in [0.717, 1.165) is 25.3 Å². The lowest BCUT2D eigenvalue weighted by Crippen LogP contribution is -2.23. The third-order valence-electron chi connectivity index (χ3n) is 3.79. The van der Waals surface area contributed by atoms with E-state index in [1.807, 2.05) is 12.1 Å². The van der Waals surface area contributed by atoms with E-state index in [1.54, 1.807) is 7.11 Å². The summed E-state index contributed by atoms with van der Waals surface area (Å²) < 4.78 is 5.24. The molecule has 2 nitrogen and oxygen atoms in total. The quantitative estimate of drug-likeness (QED) is 0.760. The van der Waals surface area contributed by atoms with E-state index in [-0.39, 0.29) is 0 Å². The van der Waals surface area contributed by atoms with Crippen LogP contribution in [-0.4, -0.2) is 13.7 Å². The maximum atomic E-state index is 5.24. The standard InChI is InChI=1S/C19H25NO/c1-5-12-20(18-8-10-19(21-4)11-9-18)14-17-7-6-15(2)13-16(17)3/h6-11,13H,5,12,14H2,1-4H3. The van der Waals surface area contributed by atoms with Gasteiger partial charge in [0, 0.05) is 18.8 Å². The van der Waals surface area contributed by atoms with Crippen molar-refractivity contribution >= 4 is 5.69 Å². The smallest absolute Gasteiger partial charge is 0.119 e. The van der Waals surface area contributed by atoms with Crippen LogP contribution in [0.25, 0.3) is 0 Å². The molecule has 0 heterocycles. The highest BCUT2D eigenvalue weighted by Gasteiger charge is 2.08. The van der Waals surface area contributed by atoms with E-state index in [0.29, 0.717) is 0 Å². The molecule has 0 spiro atoms. The average Bonchev–Trinajstić information content (AvgIpc) is 2.49. The molecule has 0 fully saturated rings. The predicted octanol–water partition coefficient (Wildman–Crippen LogP) is 4.73. The summed E-state index contributed by atoms with van der Waals surface area (Å²) >= 11 is 0. The summed E-state index contributed by atoms with van der Waals surface area (Å²) in [4.78, 5) is 2.43. The Morgan fingerprint density at radius 2 is 1.71 bits per heavy atom. The van der Waals surface area contributed by atoms with Crippen molar-refractivity contribution in [2.24, 2.45) is 0 Å². The van der Waals surface area contributed by atoms with Gasteiger partial charge in [0.15, 0.2) is 0 Å². The number of ether oxygens (including phenoxy) is 1. The van der Waals surface area contributed by atoms with Gasteiger partial charge in [-0.05, 0) is 55.7 Å². The van der Waals surface area contributed by atoms with E-state index < -0.39 is 0 Å². The molecule has 112 valence electrons. The van der Waals surface area contributed by atoms with Gasteiger partial charge in [0.05, 0.1) is 7.11 Å². The number of nitrogens with zero attached hydrogens (tertiary/aromatic N) is 1. The van der Waals surface area contributed by atoms with Gasteiger partial charge >= 0.3 is 0 Å². The fourth-order valence-corrected chi connectivity index (χ4v) is 2.59. The molecule has 2 aromatic rings. The molecule has 0 aliphatic carbocycles. The van der Waals surface area contributed by atoms with Gasteiger partial charge in [-0.2, -0.15) is 0 Å². The van der Waals surface area contributed by atoms with Crippen LogP contribution in [0.5, 0.6) is 5.75 Å². The fraction of sp³-hybridized carbons (Fsp3) is 0.368. The van der Waals surface area contributed by atoms with Gasteiger partial charge in [0.25, 0.3) is 0 Å². The van der Waals surface area contributed by atoms with Crippen LogP contribution in [0.4, 0.5) is 5.69 Å². The number of aryl methyl sites for hydroxylation is 2. The van der Waals surface area contributed by atoms with Crippen LogP contribution < -0.4 is 9.64 Å². The summed E-state index contributed by atoms with van der Waals surface area (Å²) in [6.45, 7) is 8.56. The number of rotatable bonds is 6. The minimum atomic E-state index is 0.904. The lowest BCUT2D eigenvalue weighted by Gasteiger charge is -2.25. The topological polar surface area (TPSA) is 12.5 Å². The van der Waals surface area contributed by atoms with Gasteiger partial charge in [-0.1, -0.05) is 30.7 Å². The third kappa shape index (κ3) is 4.01. The average molecular weight is 283 g/mol. The normalized spacial score (nSPS) is 10.5. The largest absolute Gasteiger partial charge is 0.497 e. The predicted molar refractivity (Wildman–Crippen MR) is 90.3 cm³/mol. The van der Waals surface area contributed by atoms with Crippen molar-refractivity contribution in [2.45, 2.75) is 33.7 Å². The SMILES string of the molecule is CCCN(Cc1ccc(C)cc1C)c1ccc(OC)cc1. The Balaban J connectivity index is 2.21. The van der Waals surface area contributed by atoms with Crippen molar-refractivity contribution in [3.8, 4) is 5.75 Å². The van der Waals surface area contributed by atoms with Crippen molar-refractivity contribution in [1.82, 2.24) is 0 Å². The maximum absolute atomic E-state index is 5.24. The first-order valence-electron chi connectivity index (χ1n) is 7.59. The molecule has 2 heteroatoms. The minimum absolute atomic E-state index is 0.904. The number of hydrogen-bond donors (Lipinski definition) is 0. The molecule has 2 rings (SSSR count). The highest BCUT2D eigenvalue weighted by Crippen LogP contribution is 2.22. The summed E-state index contributed by atoms with van der Waals surface area (Å²) in [6, 6.07) is 15.0. The second-order valence-electron chi connectivity index (χ2n) is 5.55. The lowest BCUT2D eigenvalue weighted by atomic mass is 10.0. The van der Waals surface area contributed by atoms with Crippen molar-refractivity contribution in [1.29, 1.82) is 0 Å². The molecular formula is C19H25NO. The third-order valence-corrected chi connectivity index (χ3v) is 3.79. The molecule has 0 saturated carbocycles. The van der Waals surface area contributed by atoms with E-state index >= 15 is 0 Å². The number of benzene rings is 2. The zero-order valence-corrected chi connectivity index (χ0v) is 13.5. The van der Waals surface area contributed by atoms with Crippen LogP contribution in [0.15, 0.2) is 42.5 Å². The Bertz CT molecular complexity index is 575. The first-order chi connectivity index (χ1) is 10.1. The zero-order chi connectivity index (χ0) is 15.2. The molecule has 0 amide bonds. The van der Waals surface area contributed by atoms with Crippen molar-refractivity contribution in [3.63, 3.8) is 0 Å². The second-order valence-corrected chi connectivity index (χ2v) is 5.55. The van der Waals surface area contributed by atoms with Crippen LogP contribution in [-0.2, 0) is 6.54 Å². The van der Waals surface area contributed by atoms with E-state index in [9.17, 15) is 0 Å². The molecule has 2 aromatic carbocycles. The monoisotopic (exact) mass is 283 g/mol. The Morgan fingerprint density at radius 1 is 1.00 bits per heavy atom. The van der Waals surface area contributed by atoms with Gasteiger partial charge in [-0.15, -0.1) is 0 Å². The van der Waals surface area contributed by atoms with Crippen LogP contribution in [0, 0.1) is 13.8 Å². The molecule has 0 radical (unpaired) electrons. The van der Waals surface area contributed by atoms with Crippen LogP contribution in [0.1, 0.15) is 30.0 Å². The molecule has 0 N–H and O–H groups in total. The molecule has 0 saturated heterocycles. The molecule has 21 heavy (non-hydrogen) atoms. The van der Waals surface area contributed by atoms with Gasteiger partial charge < -0.3 is 9.64 Å². The second kappa shape index (κ2) is 7.16. The van der Waals surface area contributed by atoms with E-state index in [1.165, 1.54) is 22.4 Å². The van der Waals surface area contributed by atoms with Crippen molar-refractivity contribution in [3.05, 3.63) is 59.2 Å². The van der Waals surface area contributed by atoms with Gasteiger partial charge in [0.1, 0.15) is 5.75 Å². The van der Waals surface area contributed by atoms with Crippen LogP contribution in [0.3, 0.4) is 0 Å². The molecule has 0 aliphatic rings. The molecule has 0 aromatic heterocycles. The van der Waals surface area contributed by atoms with Crippen molar-refractivity contribution < 1.29 is 4.74 Å². The Hall–Kier alpha value is -1.96. The lowest BCUT2D eigenvalue weighted by molar-refractivity contribution is 0.415. The number of methoxy groups -OCH3 is 1. The van der Waals surface area contributed by atoms with Gasteiger partial charge in [-0.3, -0.25) is 0 Å². The minimum Gasteiger partial charge on any atom is -0.497 e. The Morgan fingerprint density at radius 3 is 2.29 bits per heavy atom. The summed E-state index contributed by atoms with van der Waals surface area (Å²) in [5, 5.41) is 0. The molecule has 0 unspecified atom stereocenters. The van der Waals surface area contributed by atoms with Crippen LogP contribution >= 0.6 is 0 Å². The Kier molecular flexibility index (Phi) is 5.26. The maximum Gasteiger partial charge on any atom is 0.119 e. The summed E-state index contributed by atoms with van der Waals surface area (Å²) in [5.74, 6) is 0.904. The van der Waals surface area contributed by atoms with Crippen LogP contribution in [0.2, 0.25) is 0 Å². The van der Waals surface area contributed by atoms with Gasteiger partial charge in [-0.25, -0.2) is 0 Å².